The number of aldehydes is 1. The van der Waals surface area contributed by atoms with Crippen molar-refractivity contribution in [2.24, 2.45) is 0 Å². The number of ether oxygens (including phenoxy) is 2. The maximum absolute atomic E-state index is 14.3. The third-order valence-electron chi connectivity index (χ3n) is 2.76. The zero-order chi connectivity index (χ0) is 15.4. The van der Waals surface area contributed by atoms with Gasteiger partial charge in [0.25, 0.3) is 0 Å². The Bertz CT molecular complexity index is 603. The molecule has 0 saturated heterocycles. The second-order valence-electron chi connectivity index (χ2n) is 4.01. The maximum Gasteiger partial charge on any atom is 0.343 e. The summed E-state index contributed by atoms with van der Waals surface area (Å²) in [5.41, 5.74) is 5.33. The summed E-state index contributed by atoms with van der Waals surface area (Å²) in [6, 6.07) is 2.86. The van der Waals surface area contributed by atoms with E-state index in [1.807, 2.05) is 0 Å². The minimum absolute atomic E-state index is 0.0754. The number of hydrazine groups is 2. The first-order chi connectivity index (χ1) is 10.1. The molecule has 0 atom stereocenters. The van der Waals surface area contributed by atoms with Crippen molar-refractivity contribution in [1.82, 2.24) is 11.0 Å². The highest BCUT2D eigenvalue weighted by Gasteiger charge is 2.26. The predicted molar refractivity (Wildman–Crippen MR) is 71.8 cm³/mol. The lowest BCUT2D eigenvalue weighted by Gasteiger charge is -2.19. The van der Waals surface area contributed by atoms with Gasteiger partial charge in [0.05, 0.1) is 25.6 Å². The fraction of sp³-hybridized carbons (Fsp3) is 0.231. The summed E-state index contributed by atoms with van der Waals surface area (Å²) in [7, 11) is 1.30. The highest BCUT2D eigenvalue weighted by Crippen LogP contribution is 2.30. The Labute approximate surface area is 120 Å². The molecule has 0 aromatic heterocycles. The number of benzene rings is 1. The van der Waals surface area contributed by atoms with Crippen LogP contribution in [0.5, 0.6) is 5.75 Å². The molecule has 1 aromatic carbocycles. The van der Waals surface area contributed by atoms with E-state index in [4.69, 9.17) is 9.47 Å². The molecule has 0 bridgehead atoms. The summed E-state index contributed by atoms with van der Waals surface area (Å²) < 4.78 is 24.1. The molecule has 0 aliphatic carbocycles. The average Bonchev–Trinajstić information content (AvgIpc) is 2.95. The first-order valence-electron chi connectivity index (χ1n) is 6.13. The summed E-state index contributed by atoms with van der Waals surface area (Å²) >= 11 is 0. The first kappa shape index (κ1) is 14.8. The van der Waals surface area contributed by atoms with Crippen LogP contribution in [-0.4, -0.2) is 26.0 Å². The van der Waals surface area contributed by atoms with E-state index in [0.717, 1.165) is 0 Å². The van der Waals surface area contributed by atoms with Crippen LogP contribution in [0.3, 0.4) is 0 Å². The van der Waals surface area contributed by atoms with Crippen molar-refractivity contribution < 1.29 is 23.5 Å². The van der Waals surface area contributed by atoms with Crippen LogP contribution < -0.4 is 20.7 Å². The number of hydrogen-bond donors (Lipinski definition) is 2. The molecule has 0 unspecified atom stereocenters. The Balaban J connectivity index is 2.50. The van der Waals surface area contributed by atoms with E-state index in [0.29, 0.717) is 6.29 Å². The van der Waals surface area contributed by atoms with Gasteiger partial charge in [-0.05, 0) is 19.1 Å². The molecule has 1 heterocycles. The number of rotatable bonds is 5. The van der Waals surface area contributed by atoms with Crippen molar-refractivity contribution in [3.63, 3.8) is 0 Å². The molecule has 7 nitrogen and oxygen atoms in total. The molecule has 0 radical (unpaired) electrons. The number of esters is 1. The lowest BCUT2D eigenvalue weighted by Crippen LogP contribution is -2.37. The molecule has 0 spiro atoms. The Morgan fingerprint density at radius 1 is 1.48 bits per heavy atom. The van der Waals surface area contributed by atoms with Crippen molar-refractivity contribution in [3.05, 3.63) is 35.4 Å². The van der Waals surface area contributed by atoms with Gasteiger partial charge in [-0.15, -0.1) is 5.53 Å². The highest BCUT2D eigenvalue weighted by atomic mass is 19.1. The number of methoxy groups -OCH3 is 1. The van der Waals surface area contributed by atoms with Gasteiger partial charge in [-0.1, -0.05) is 0 Å². The van der Waals surface area contributed by atoms with Crippen LogP contribution in [0, 0.1) is 5.82 Å². The molecule has 2 N–H and O–H groups in total. The van der Waals surface area contributed by atoms with E-state index in [2.05, 4.69) is 11.0 Å². The maximum atomic E-state index is 14.3. The highest BCUT2D eigenvalue weighted by molar-refractivity contribution is 5.97. The van der Waals surface area contributed by atoms with E-state index < -0.39 is 11.8 Å². The molecule has 0 saturated carbocycles. The molecule has 1 aromatic rings. The van der Waals surface area contributed by atoms with Gasteiger partial charge in [0, 0.05) is 0 Å². The number of nitrogens with one attached hydrogen (secondary N) is 2. The topological polar surface area (TPSA) is 79.9 Å². The van der Waals surface area contributed by atoms with Crippen LogP contribution in [0.15, 0.2) is 24.0 Å². The Kier molecular flexibility index (Phi) is 4.39. The summed E-state index contributed by atoms with van der Waals surface area (Å²) in [6.07, 6.45) is 1.97. The summed E-state index contributed by atoms with van der Waals surface area (Å²) in [5.74, 6) is -1.73. The fourth-order valence-corrected chi connectivity index (χ4v) is 1.82. The van der Waals surface area contributed by atoms with Gasteiger partial charge < -0.3 is 9.47 Å². The van der Waals surface area contributed by atoms with Gasteiger partial charge in [0.2, 0.25) is 0 Å². The molecule has 0 fully saturated rings. The number of allylic oxidation sites excluding steroid dienone is 1. The van der Waals surface area contributed by atoms with Gasteiger partial charge in [0.15, 0.2) is 17.9 Å². The molecule has 21 heavy (non-hydrogen) atoms. The van der Waals surface area contributed by atoms with E-state index in [1.165, 1.54) is 30.5 Å². The van der Waals surface area contributed by atoms with Gasteiger partial charge in [-0.25, -0.2) is 9.18 Å². The van der Waals surface area contributed by atoms with Crippen LogP contribution in [0.2, 0.25) is 0 Å². The van der Waals surface area contributed by atoms with Crippen molar-refractivity contribution in [3.8, 4) is 5.75 Å². The Morgan fingerprint density at radius 2 is 2.24 bits per heavy atom. The second kappa shape index (κ2) is 6.23. The van der Waals surface area contributed by atoms with Crippen molar-refractivity contribution in [2.75, 3.05) is 18.7 Å². The van der Waals surface area contributed by atoms with Crippen molar-refractivity contribution in [1.29, 1.82) is 0 Å². The molecular weight excluding hydrogens is 281 g/mol. The zero-order valence-corrected chi connectivity index (χ0v) is 11.5. The van der Waals surface area contributed by atoms with E-state index >= 15 is 0 Å². The molecule has 0 amide bonds. The monoisotopic (exact) mass is 295 g/mol. The largest absolute Gasteiger partial charge is 0.494 e. The van der Waals surface area contributed by atoms with E-state index in [9.17, 15) is 14.0 Å². The standard InChI is InChI=1S/C13H14FN3O4/c1-3-21-13(19)11-9(4-5-10(20-2)12(11)14)17-6-8(7-18)15-16-17/h4-7,15-16H,3H2,1-2H3. The predicted octanol–water partition coefficient (Wildman–Crippen LogP) is 0.880. The SMILES string of the molecule is CCOC(=O)c1c(N2C=C(C=O)NN2)ccc(OC)c1F. The van der Waals surface area contributed by atoms with Crippen LogP contribution in [-0.2, 0) is 9.53 Å². The smallest absolute Gasteiger partial charge is 0.343 e. The molecule has 1 aliphatic heterocycles. The molecule has 1 aliphatic rings. The quantitative estimate of drug-likeness (QED) is 0.616. The average molecular weight is 295 g/mol. The second-order valence-corrected chi connectivity index (χ2v) is 4.01. The number of carbonyl (C=O) groups is 2. The zero-order valence-electron chi connectivity index (χ0n) is 11.5. The van der Waals surface area contributed by atoms with Crippen LogP contribution in [0.25, 0.3) is 0 Å². The molecule has 8 heteroatoms. The number of anilines is 1. The van der Waals surface area contributed by atoms with Gasteiger partial charge >= 0.3 is 5.97 Å². The lowest BCUT2D eigenvalue weighted by molar-refractivity contribution is -0.105. The summed E-state index contributed by atoms with van der Waals surface area (Å²) in [6.45, 7) is 1.73. The Hall–Kier alpha value is -2.61. The van der Waals surface area contributed by atoms with Crippen LogP contribution in [0.1, 0.15) is 17.3 Å². The lowest BCUT2D eigenvalue weighted by atomic mass is 10.1. The van der Waals surface area contributed by atoms with Crippen molar-refractivity contribution in [2.45, 2.75) is 6.92 Å². The van der Waals surface area contributed by atoms with Crippen LogP contribution in [0.4, 0.5) is 10.1 Å². The third kappa shape index (κ3) is 2.79. The third-order valence-corrected chi connectivity index (χ3v) is 2.76. The Morgan fingerprint density at radius 3 is 2.81 bits per heavy atom. The fourth-order valence-electron chi connectivity index (χ4n) is 1.82. The minimum Gasteiger partial charge on any atom is -0.494 e. The first-order valence-corrected chi connectivity index (χ1v) is 6.13. The molecule has 2 rings (SSSR count). The van der Waals surface area contributed by atoms with Gasteiger partial charge in [0.1, 0.15) is 11.3 Å². The van der Waals surface area contributed by atoms with Crippen molar-refractivity contribution >= 4 is 17.9 Å². The number of nitrogens with zero attached hydrogens (tertiary/aromatic N) is 1. The number of hydrogen-bond acceptors (Lipinski definition) is 7. The normalized spacial score (nSPS) is 13.5. The van der Waals surface area contributed by atoms with Gasteiger partial charge in [-0.3, -0.25) is 15.2 Å². The number of halogens is 1. The molecular formula is C13H14FN3O4. The minimum atomic E-state index is -0.830. The van der Waals surface area contributed by atoms with E-state index in [-0.39, 0.29) is 29.3 Å². The summed E-state index contributed by atoms with van der Waals surface area (Å²) in [5, 5.41) is 1.30. The van der Waals surface area contributed by atoms with Gasteiger partial charge in [-0.2, -0.15) is 0 Å². The summed E-state index contributed by atoms with van der Waals surface area (Å²) in [4.78, 5) is 22.7. The molecule has 112 valence electrons. The van der Waals surface area contributed by atoms with E-state index in [1.54, 1.807) is 6.92 Å². The number of carbonyl (C=O) groups excluding carboxylic acids is 2. The van der Waals surface area contributed by atoms with Crippen LogP contribution >= 0.6 is 0 Å².